The molecule has 0 fully saturated rings. The Morgan fingerprint density at radius 2 is 1.72 bits per heavy atom. The summed E-state index contributed by atoms with van der Waals surface area (Å²) >= 11 is 0. The minimum atomic E-state index is -3.95. The van der Waals surface area contributed by atoms with Crippen LogP contribution in [0, 0.1) is 6.92 Å². The number of benzene rings is 2. The molecule has 0 heterocycles. The number of aryl methyl sites for hydroxylation is 1. The highest BCUT2D eigenvalue weighted by molar-refractivity contribution is 7.92. The lowest BCUT2D eigenvalue weighted by Crippen LogP contribution is -2.28. The number of carbonyl (C=O) groups is 1. The molecule has 1 amide bonds. The van der Waals surface area contributed by atoms with Crippen LogP contribution in [0.3, 0.4) is 0 Å². The van der Waals surface area contributed by atoms with Crippen molar-refractivity contribution in [3.05, 3.63) is 53.6 Å². The Bertz CT molecular complexity index is 913. The molecule has 2 aromatic rings. The van der Waals surface area contributed by atoms with E-state index in [1.165, 1.54) is 25.3 Å². The van der Waals surface area contributed by atoms with Gasteiger partial charge >= 0.3 is 0 Å². The minimum Gasteiger partial charge on any atom is -0.495 e. The van der Waals surface area contributed by atoms with Crippen molar-refractivity contribution >= 4 is 21.6 Å². The van der Waals surface area contributed by atoms with Gasteiger partial charge in [-0.1, -0.05) is 17.7 Å². The molecule has 158 valence electrons. The molecular weight excluding hydrogens is 396 g/mol. The smallest absolute Gasteiger partial charge is 0.265 e. The van der Waals surface area contributed by atoms with Gasteiger partial charge in [-0.05, 0) is 37.3 Å². The Hall–Kier alpha value is -2.62. The second-order valence-corrected chi connectivity index (χ2v) is 7.85. The minimum absolute atomic E-state index is 0.121. The van der Waals surface area contributed by atoms with Crippen LogP contribution < -0.4 is 14.8 Å². The number of hydrogen-bond donors (Lipinski definition) is 2. The Labute approximate surface area is 171 Å². The molecule has 0 saturated heterocycles. The van der Waals surface area contributed by atoms with E-state index < -0.39 is 15.9 Å². The fourth-order valence-corrected chi connectivity index (χ4v) is 3.70. The first-order chi connectivity index (χ1) is 13.9. The van der Waals surface area contributed by atoms with Crippen LogP contribution in [0.15, 0.2) is 47.4 Å². The number of sulfonamides is 1. The number of amides is 1. The van der Waals surface area contributed by atoms with E-state index in [4.69, 9.17) is 14.2 Å². The van der Waals surface area contributed by atoms with E-state index in [1.807, 2.05) is 6.92 Å². The lowest BCUT2D eigenvalue weighted by molar-refractivity contribution is 0.0692. The van der Waals surface area contributed by atoms with Gasteiger partial charge in [-0.2, -0.15) is 0 Å². The Morgan fingerprint density at radius 1 is 1.00 bits per heavy atom. The van der Waals surface area contributed by atoms with Crippen LogP contribution in [0.2, 0.25) is 0 Å². The molecule has 0 bridgehead atoms. The zero-order valence-corrected chi connectivity index (χ0v) is 17.5. The maximum absolute atomic E-state index is 12.8. The van der Waals surface area contributed by atoms with Gasteiger partial charge in [-0.15, -0.1) is 0 Å². The molecule has 0 aliphatic rings. The van der Waals surface area contributed by atoms with Gasteiger partial charge in [0.15, 0.2) is 0 Å². The van der Waals surface area contributed by atoms with E-state index in [-0.39, 0.29) is 22.8 Å². The van der Waals surface area contributed by atoms with E-state index in [0.717, 1.165) is 5.56 Å². The van der Waals surface area contributed by atoms with Gasteiger partial charge in [0.1, 0.15) is 10.6 Å². The van der Waals surface area contributed by atoms with Crippen molar-refractivity contribution in [1.82, 2.24) is 5.32 Å². The number of carbonyl (C=O) groups excluding carboxylic acids is 1. The molecule has 0 saturated carbocycles. The fraction of sp³-hybridized carbons (Fsp3) is 0.350. The molecule has 0 radical (unpaired) electrons. The van der Waals surface area contributed by atoms with Crippen molar-refractivity contribution < 1.29 is 27.4 Å². The van der Waals surface area contributed by atoms with Crippen molar-refractivity contribution in [2.75, 3.05) is 45.3 Å². The van der Waals surface area contributed by atoms with Gasteiger partial charge in [0.25, 0.3) is 15.9 Å². The monoisotopic (exact) mass is 422 g/mol. The highest BCUT2D eigenvalue weighted by Gasteiger charge is 2.22. The van der Waals surface area contributed by atoms with Gasteiger partial charge < -0.3 is 19.5 Å². The maximum atomic E-state index is 12.8. The van der Waals surface area contributed by atoms with E-state index in [9.17, 15) is 13.2 Å². The summed E-state index contributed by atoms with van der Waals surface area (Å²) in [4.78, 5) is 12.2. The third kappa shape index (κ3) is 6.74. The van der Waals surface area contributed by atoms with Gasteiger partial charge in [0.2, 0.25) is 0 Å². The zero-order valence-electron chi connectivity index (χ0n) is 16.7. The molecule has 8 nitrogen and oxygen atoms in total. The molecule has 2 N–H and O–H groups in total. The Balaban J connectivity index is 2.12. The summed E-state index contributed by atoms with van der Waals surface area (Å²) < 4.78 is 43.5. The lowest BCUT2D eigenvalue weighted by atomic mass is 10.2. The van der Waals surface area contributed by atoms with E-state index in [2.05, 4.69) is 10.0 Å². The SMILES string of the molecule is COCCOCCNC(=O)c1ccc(OC)c(S(=O)(=O)Nc2ccc(C)cc2)c1. The molecule has 2 rings (SSSR count). The molecule has 29 heavy (non-hydrogen) atoms. The number of rotatable bonds is 11. The summed E-state index contributed by atoms with van der Waals surface area (Å²) in [6.45, 7) is 3.43. The fourth-order valence-electron chi connectivity index (χ4n) is 2.44. The van der Waals surface area contributed by atoms with E-state index in [0.29, 0.717) is 25.5 Å². The normalized spacial score (nSPS) is 11.1. The number of anilines is 1. The van der Waals surface area contributed by atoms with Gasteiger partial charge in [0, 0.05) is 24.9 Å². The zero-order chi connectivity index (χ0) is 21.3. The topological polar surface area (TPSA) is 103 Å². The number of ether oxygens (including phenoxy) is 3. The molecule has 0 atom stereocenters. The summed E-state index contributed by atoms with van der Waals surface area (Å²) in [6, 6.07) is 11.2. The standard InChI is InChI=1S/C20H26N2O6S/c1-15-4-7-17(8-5-15)22-29(24,25)19-14-16(6-9-18(19)27-3)20(23)21-10-11-28-13-12-26-2/h4-9,14,22H,10-13H2,1-3H3,(H,21,23). The largest absolute Gasteiger partial charge is 0.495 e. The summed E-state index contributed by atoms with van der Waals surface area (Å²) in [5.74, 6) is -0.265. The van der Waals surface area contributed by atoms with Crippen LogP contribution in [0.5, 0.6) is 5.75 Å². The van der Waals surface area contributed by atoms with Crippen LogP contribution in [-0.2, 0) is 19.5 Å². The highest BCUT2D eigenvalue weighted by Crippen LogP contribution is 2.27. The second-order valence-electron chi connectivity index (χ2n) is 6.20. The Kier molecular flexibility index (Phi) is 8.44. The van der Waals surface area contributed by atoms with Crippen LogP contribution in [0.25, 0.3) is 0 Å². The third-order valence-electron chi connectivity index (χ3n) is 3.98. The van der Waals surface area contributed by atoms with Crippen molar-refractivity contribution in [3.63, 3.8) is 0 Å². The predicted molar refractivity (Wildman–Crippen MR) is 110 cm³/mol. The van der Waals surface area contributed by atoms with E-state index >= 15 is 0 Å². The molecule has 0 aliphatic heterocycles. The molecule has 0 aliphatic carbocycles. The van der Waals surface area contributed by atoms with Crippen molar-refractivity contribution in [1.29, 1.82) is 0 Å². The second kappa shape index (κ2) is 10.8. The first kappa shape index (κ1) is 22.7. The van der Waals surface area contributed by atoms with Crippen LogP contribution in [0.4, 0.5) is 5.69 Å². The molecule has 0 unspecified atom stereocenters. The summed E-state index contributed by atoms with van der Waals surface area (Å²) in [7, 11) is -1.00. The molecular formula is C20H26N2O6S. The van der Waals surface area contributed by atoms with Crippen LogP contribution in [0.1, 0.15) is 15.9 Å². The van der Waals surface area contributed by atoms with Crippen molar-refractivity contribution in [3.8, 4) is 5.75 Å². The van der Waals surface area contributed by atoms with Gasteiger partial charge in [0.05, 0.1) is 26.9 Å². The first-order valence-corrected chi connectivity index (χ1v) is 10.5. The summed E-state index contributed by atoms with van der Waals surface area (Å²) in [6.07, 6.45) is 0. The molecule has 0 aromatic heterocycles. The average molecular weight is 423 g/mol. The maximum Gasteiger partial charge on any atom is 0.265 e. The number of methoxy groups -OCH3 is 2. The van der Waals surface area contributed by atoms with Crippen molar-refractivity contribution in [2.24, 2.45) is 0 Å². The van der Waals surface area contributed by atoms with Crippen molar-refractivity contribution in [2.45, 2.75) is 11.8 Å². The molecule has 0 spiro atoms. The highest BCUT2D eigenvalue weighted by atomic mass is 32.2. The molecule has 9 heteroatoms. The van der Waals surface area contributed by atoms with Crippen LogP contribution >= 0.6 is 0 Å². The van der Waals surface area contributed by atoms with E-state index in [1.54, 1.807) is 31.4 Å². The van der Waals surface area contributed by atoms with Crippen LogP contribution in [-0.4, -0.2) is 54.9 Å². The first-order valence-electron chi connectivity index (χ1n) is 9.00. The lowest BCUT2D eigenvalue weighted by Gasteiger charge is -2.13. The summed E-state index contributed by atoms with van der Waals surface area (Å²) in [5.41, 5.74) is 1.63. The number of hydrogen-bond acceptors (Lipinski definition) is 6. The average Bonchev–Trinajstić information content (AvgIpc) is 2.71. The quantitative estimate of drug-likeness (QED) is 0.538. The van der Waals surface area contributed by atoms with Gasteiger partial charge in [-0.25, -0.2) is 8.42 Å². The predicted octanol–water partition coefficient (Wildman–Crippen LogP) is 2.20. The Morgan fingerprint density at radius 3 is 2.38 bits per heavy atom. The summed E-state index contributed by atoms with van der Waals surface area (Å²) in [5, 5.41) is 2.69. The number of nitrogens with one attached hydrogen (secondary N) is 2. The molecule has 2 aromatic carbocycles. The van der Waals surface area contributed by atoms with Gasteiger partial charge in [-0.3, -0.25) is 9.52 Å². The third-order valence-corrected chi connectivity index (χ3v) is 5.39.